The first-order valence-corrected chi connectivity index (χ1v) is 10.6. The minimum atomic E-state index is -4.27. The summed E-state index contributed by atoms with van der Waals surface area (Å²) in [6.45, 7) is 0.247. The van der Waals surface area contributed by atoms with Crippen LogP contribution in [0.2, 0.25) is 0 Å². The normalized spacial score (nSPS) is 17.7. The van der Waals surface area contributed by atoms with E-state index in [9.17, 15) is 30.8 Å². The Morgan fingerprint density at radius 2 is 1.73 bits per heavy atom. The SMILES string of the molecule is NC[C@H]1CCCCN1S(=O)(=O)c1cc(C(=O)Nc2cc(F)c(F)c(F)c2)ccc1F. The van der Waals surface area contributed by atoms with E-state index < -0.39 is 50.1 Å². The van der Waals surface area contributed by atoms with Gasteiger partial charge in [-0.3, -0.25) is 4.79 Å². The molecule has 0 unspecified atom stereocenters. The number of hydrogen-bond acceptors (Lipinski definition) is 4. The maximum atomic E-state index is 14.4. The Hall–Kier alpha value is -2.50. The van der Waals surface area contributed by atoms with Crippen molar-refractivity contribution in [2.24, 2.45) is 5.73 Å². The fourth-order valence-electron chi connectivity index (χ4n) is 3.33. The molecular weight excluding hydrogens is 426 g/mol. The van der Waals surface area contributed by atoms with Crippen molar-refractivity contribution in [3.63, 3.8) is 0 Å². The summed E-state index contributed by atoms with van der Waals surface area (Å²) in [6.07, 6.45) is 1.93. The maximum Gasteiger partial charge on any atom is 0.255 e. The monoisotopic (exact) mass is 445 g/mol. The van der Waals surface area contributed by atoms with Crippen LogP contribution >= 0.6 is 0 Å². The number of nitrogens with zero attached hydrogens (tertiary/aromatic N) is 1. The Morgan fingerprint density at radius 1 is 1.07 bits per heavy atom. The highest BCUT2D eigenvalue weighted by atomic mass is 32.2. The molecule has 3 rings (SSSR count). The molecule has 0 saturated carbocycles. The van der Waals surface area contributed by atoms with Crippen LogP contribution in [0.15, 0.2) is 35.2 Å². The van der Waals surface area contributed by atoms with Gasteiger partial charge in [0.05, 0.1) is 0 Å². The minimum Gasteiger partial charge on any atom is -0.329 e. The zero-order valence-corrected chi connectivity index (χ0v) is 16.5. The Balaban J connectivity index is 1.92. The number of amides is 1. The van der Waals surface area contributed by atoms with E-state index in [2.05, 4.69) is 5.32 Å². The first kappa shape index (κ1) is 22.2. The van der Waals surface area contributed by atoms with Gasteiger partial charge in [-0.1, -0.05) is 6.42 Å². The molecule has 1 saturated heterocycles. The molecule has 11 heteroatoms. The molecule has 0 radical (unpaired) electrons. The number of halogens is 4. The van der Waals surface area contributed by atoms with Crippen molar-refractivity contribution in [3.05, 3.63) is 59.2 Å². The predicted octanol–water partition coefficient (Wildman–Crippen LogP) is 3.00. The lowest BCUT2D eigenvalue weighted by Gasteiger charge is -2.34. The number of nitrogens with two attached hydrogens (primary N) is 1. The van der Waals surface area contributed by atoms with E-state index in [1.807, 2.05) is 0 Å². The van der Waals surface area contributed by atoms with Gasteiger partial charge in [-0.25, -0.2) is 26.0 Å². The summed E-state index contributed by atoms with van der Waals surface area (Å²) >= 11 is 0. The molecule has 2 aromatic carbocycles. The Kier molecular flexibility index (Phi) is 6.44. The first-order chi connectivity index (χ1) is 14.1. The second kappa shape index (κ2) is 8.70. The predicted molar refractivity (Wildman–Crippen MR) is 101 cm³/mol. The van der Waals surface area contributed by atoms with Gasteiger partial charge in [0.2, 0.25) is 10.0 Å². The van der Waals surface area contributed by atoms with Gasteiger partial charge in [0.15, 0.2) is 17.5 Å². The Labute approximate surface area is 170 Å². The van der Waals surface area contributed by atoms with Crippen LogP contribution in [0.3, 0.4) is 0 Å². The number of hydrogen-bond donors (Lipinski definition) is 2. The van der Waals surface area contributed by atoms with Gasteiger partial charge in [0.1, 0.15) is 10.7 Å². The molecule has 1 atom stereocenters. The summed E-state index contributed by atoms with van der Waals surface area (Å²) in [5, 5.41) is 2.13. The number of sulfonamides is 1. The van der Waals surface area contributed by atoms with Crippen LogP contribution in [0, 0.1) is 23.3 Å². The summed E-state index contributed by atoms with van der Waals surface area (Å²) in [5.41, 5.74) is 5.01. The Morgan fingerprint density at radius 3 is 2.37 bits per heavy atom. The van der Waals surface area contributed by atoms with E-state index in [1.54, 1.807) is 0 Å². The van der Waals surface area contributed by atoms with Crippen molar-refractivity contribution >= 4 is 21.6 Å². The molecule has 0 bridgehead atoms. The molecule has 6 nitrogen and oxygen atoms in total. The third-order valence-electron chi connectivity index (χ3n) is 4.87. The molecule has 0 spiro atoms. The summed E-state index contributed by atoms with van der Waals surface area (Å²) in [7, 11) is -4.27. The van der Waals surface area contributed by atoms with Crippen LogP contribution in [0.5, 0.6) is 0 Å². The zero-order chi connectivity index (χ0) is 22.1. The molecule has 3 N–H and O–H groups in total. The van der Waals surface area contributed by atoms with E-state index in [0.29, 0.717) is 25.0 Å². The number of carbonyl (C=O) groups excluding carboxylic acids is 1. The molecule has 0 aliphatic carbocycles. The van der Waals surface area contributed by atoms with Crippen molar-refractivity contribution in [2.45, 2.75) is 30.2 Å². The van der Waals surface area contributed by atoms with E-state index in [4.69, 9.17) is 5.73 Å². The highest BCUT2D eigenvalue weighted by Crippen LogP contribution is 2.27. The second-order valence-electron chi connectivity index (χ2n) is 6.85. The quantitative estimate of drug-likeness (QED) is 0.547. The van der Waals surface area contributed by atoms with E-state index in [0.717, 1.165) is 28.9 Å². The first-order valence-electron chi connectivity index (χ1n) is 9.12. The number of benzene rings is 2. The van der Waals surface area contributed by atoms with Gasteiger partial charge in [0, 0.05) is 42.5 Å². The molecule has 1 fully saturated rings. The molecule has 1 aliphatic rings. The van der Waals surface area contributed by atoms with Gasteiger partial charge >= 0.3 is 0 Å². The van der Waals surface area contributed by atoms with E-state index >= 15 is 0 Å². The van der Waals surface area contributed by atoms with Gasteiger partial charge in [0.25, 0.3) is 5.91 Å². The fourth-order valence-corrected chi connectivity index (χ4v) is 5.12. The van der Waals surface area contributed by atoms with Crippen molar-refractivity contribution in [1.29, 1.82) is 0 Å². The third-order valence-corrected chi connectivity index (χ3v) is 6.83. The van der Waals surface area contributed by atoms with Crippen molar-refractivity contribution < 1.29 is 30.8 Å². The van der Waals surface area contributed by atoms with Crippen LogP contribution in [0.25, 0.3) is 0 Å². The summed E-state index contributed by atoms with van der Waals surface area (Å²) in [6, 6.07) is 3.34. The molecular formula is C19H19F4N3O3S. The van der Waals surface area contributed by atoms with Gasteiger partial charge in [-0.15, -0.1) is 0 Å². The van der Waals surface area contributed by atoms with Crippen molar-refractivity contribution in [2.75, 3.05) is 18.4 Å². The molecule has 2 aromatic rings. The van der Waals surface area contributed by atoms with Crippen LogP contribution < -0.4 is 11.1 Å². The highest BCUT2D eigenvalue weighted by Gasteiger charge is 2.35. The number of nitrogens with one attached hydrogen (secondary N) is 1. The van der Waals surface area contributed by atoms with Gasteiger partial charge in [-0.2, -0.15) is 4.31 Å². The third kappa shape index (κ3) is 4.32. The summed E-state index contributed by atoms with van der Waals surface area (Å²) < 4.78 is 81.2. The van der Waals surface area contributed by atoms with Crippen molar-refractivity contribution in [3.8, 4) is 0 Å². The molecule has 162 valence electrons. The number of piperidine rings is 1. The van der Waals surface area contributed by atoms with Gasteiger partial charge in [-0.05, 0) is 31.0 Å². The highest BCUT2D eigenvalue weighted by molar-refractivity contribution is 7.89. The van der Waals surface area contributed by atoms with Crippen molar-refractivity contribution in [1.82, 2.24) is 4.31 Å². The molecule has 1 amide bonds. The molecule has 1 heterocycles. The molecule has 1 aliphatic heterocycles. The average Bonchev–Trinajstić information content (AvgIpc) is 2.72. The topological polar surface area (TPSA) is 92.5 Å². The van der Waals surface area contributed by atoms with Crippen LogP contribution in [-0.2, 0) is 10.0 Å². The van der Waals surface area contributed by atoms with Crippen LogP contribution in [-0.4, -0.2) is 37.8 Å². The Bertz CT molecular complexity index is 1060. The largest absolute Gasteiger partial charge is 0.329 e. The fraction of sp³-hybridized carbons (Fsp3) is 0.316. The van der Waals surface area contributed by atoms with E-state index in [1.165, 1.54) is 0 Å². The molecule has 30 heavy (non-hydrogen) atoms. The second-order valence-corrected chi connectivity index (χ2v) is 8.71. The lowest BCUT2D eigenvalue weighted by Crippen LogP contribution is -2.47. The molecule has 0 aromatic heterocycles. The maximum absolute atomic E-state index is 14.4. The van der Waals surface area contributed by atoms with Crippen LogP contribution in [0.1, 0.15) is 29.6 Å². The summed E-state index contributed by atoms with van der Waals surface area (Å²) in [4.78, 5) is 11.7. The van der Waals surface area contributed by atoms with Gasteiger partial charge < -0.3 is 11.1 Å². The van der Waals surface area contributed by atoms with Crippen LogP contribution in [0.4, 0.5) is 23.2 Å². The number of carbonyl (C=O) groups is 1. The lowest BCUT2D eigenvalue weighted by atomic mass is 10.1. The summed E-state index contributed by atoms with van der Waals surface area (Å²) in [5.74, 6) is -6.71. The zero-order valence-electron chi connectivity index (χ0n) is 15.7. The lowest BCUT2D eigenvalue weighted by molar-refractivity contribution is 0.102. The van der Waals surface area contributed by atoms with E-state index in [-0.39, 0.29) is 24.3 Å². The number of anilines is 1. The standard InChI is InChI=1S/C19H19F4N3O3S/c20-14-5-4-11(19(27)25-12-8-15(21)18(23)16(22)9-12)7-17(14)30(28,29)26-6-2-1-3-13(26)10-24/h4-5,7-9,13H,1-3,6,10,24H2,(H,25,27)/t13-/m1/s1. The smallest absolute Gasteiger partial charge is 0.255 e. The number of rotatable bonds is 5. The minimum absolute atomic E-state index is 0.0721. The average molecular weight is 445 g/mol.